The smallest absolute Gasteiger partial charge is 0.150 e. The first kappa shape index (κ1) is 12.2. The topological polar surface area (TPSA) is 80.2 Å². The largest absolute Gasteiger partial charge is 0.382 e. The number of aromatic nitrogens is 1. The lowest BCUT2D eigenvalue weighted by Gasteiger charge is -2.00. The van der Waals surface area contributed by atoms with Gasteiger partial charge in [0.25, 0.3) is 0 Å². The van der Waals surface area contributed by atoms with Gasteiger partial charge in [-0.15, -0.1) is 0 Å². The second kappa shape index (κ2) is 4.96. The van der Waals surface area contributed by atoms with Crippen LogP contribution in [0.5, 0.6) is 0 Å². The van der Waals surface area contributed by atoms with Gasteiger partial charge in [-0.3, -0.25) is 0 Å². The Kier molecular flexibility index (Phi) is 3.37. The number of nitrogens with zero attached hydrogens (tertiary/aromatic N) is 1. The summed E-state index contributed by atoms with van der Waals surface area (Å²) in [5.74, 6) is 5.57. The van der Waals surface area contributed by atoms with E-state index in [1.807, 2.05) is 31.2 Å². The third-order valence-electron chi connectivity index (χ3n) is 3.04. The van der Waals surface area contributed by atoms with Crippen molar-refractivity contribution in [2.45, 2.75) is 20.3 Å². The van der Waals surface area contributed by atoms with Crippen LogP contribution in [0.3, 0.4) is 0 Å². The summed E-state index contributed by atoms with van der Waals surface area (Å²) in [6, 6.07) is 5.95. The highest BCUT2D eigenvalue weighted by molar-refractivity contribution is 6.02. The van der Waals surface area contributed by atoms with Crippen molar-refractivity contribution in [2.75, 3.05) is 0 Å². The fourth-order valence-corrected chi connectivity index (χ4v) is 2.14. The Balaban J connectivity index is 2.70. The summed E-state index contributed by atoms with van der Waals surface area (Å²) >= 11 is 0. The molecule has 2 rings (SSSR count). The van der Waals surface area contributed by atoms with Gasteiger partial charge in [0.1, 0.15) is 5.84 Å². The van der Waals surface area contributed by atoms with Crippen LogP contribution in [-0.2, 0) is 6.42 Å². The molecule has 1 aromatic heterocycles. The molecule has 0 amide bonds. The molecule has 0 fully saturated rings. The molecule has 18 heavy (non-hydrogen) atoms. The van der Waals surface area contributed by atoms with Gasteiger partial charge in [0.2, 0.25) is 0 Å². The fraction of sp³-hybridized carbons (Fsp3) is 0.214. The fourth-order valence-electron chi connectivity index (χ4n) is 2.14. The lowest BCUT2D eigenvalue weighted by Crippen LogP contribution is -2.15. The molecule has 0 radical (unpaired) electrons. The molecule has 0 unspecified atom stereocenters. The summed E-state index contributed by atoms with van der Waals surface area (Å²) in [5.41, 5.74) is 10.1. The maximum absolute atomic E-state index is 5.75. The number of hydrogen-bond donors (Lipinski definition) is 3. The van der Waals surface area contributed by atoms with Crippen molar-refractivity contribution >= 4 is 22.8 Å². The van der Waals surface area contributed by atoms with Crippen LogP contribution in [0.2, 0.25) is 0 Å². The van der Waals surface area contributed by atoms with E-state index in [2.05, 4.69) is 23.1 Å². The number of aryl methyl sites for hydroxylation is 1. The van der Waals surface area contributed by atoms with E-state index in [0.29, 0.717) is 5.84 Å². The second-order valence-corrected chi connectivity index (χ2v) is 4.15. The van der Waals surface area contributed by atoms with E-state index >= 15 is 0 Å². The number of nitrogens with two attached hydrogens (primary N) is 2. The Morgan fingerprint density at radius 1 is 1.44 bits per heavy atom. The van der Waals surface area contributed by atoms with Crippen LogP contribution < -0.4 is 11.6 Å². The van der Waals surface area contributed by atoms with Gasteiger partial charge in [0.05, 0.1) is 0 Å². The number of benzene rings is 1. The lowest BCUT2D eigenvalue weighted by atomic mass is 10.1. The standard InChI is InChI=1S/C14H18N4/c1-3-5-10-11-8-9(14(15)18-16)6-7-13(11)17-12(10)4-2/h3,5-8,17H,4,16H2,1-2H3,(H2,15,18)/b5-3-. The molecule has 0 saturated heterocycles. The quantitative estimate of drug-likeness (QED) is 0.334. The molecule has 94 valence electrons. The summed E-state index contributed by atoms with van der Waals surface area (Å²) in [4.78, 5) is 3.42. The number of amidine groups is 1. The molecule has 0 aliphatic rings. The van der Waals surface area contributed by atoms with Crippen LogP contribution in [0.1, 0.15) is 30.7 Å². The Bertz CT molecular complexity index is 620. The highest BCUT2D eigenvalue weighted by Gasteiger charge is 2.09. The normalized spacial score (nSPS) is 12.7. The third kappa shape index (κ3) is 1.97. The summed E-state index contributed by atoms with van der Waals surface area (Å²) in [6.07, 6.45) is 5.11. The first-order chi connectivity index (χ1) is 8.71. The van der Waals surface area contributed by atoms with Gasteiger partial charge in [0, 0.05) is 27.7 Å². The zero-order valence-electron chi connectivity index (χ0n) is 10.7. The molecule has 1 aromatic carbocycles. The zero-order chi connectivity index (χ0) is 13.1. The number of fused-ring (bicyclic) bond motifs is 1. The maximum atomic E-state index is 5.75. The van der Waals surface area contributed by atoms with E-state index in [9.17, 15) is 0 Å². The van der Waals surface area contributed by atoms with Crippen molar-refractivity contribution in [1.82, 2.24) is 4.98 Å². The van der Waals surface area contributed by atoms with Crippen LogP contribution in [0, 0.1) is 0 Å². The van der Waals surface area contributed by atoms with Crippen molar-refractivity contribution in [1.29, 1.82) is 0 Å². The van der Waals surface area contributed by atoms with Crippen molar-refractivity contribution < 1.29 is 0 Å². The molecule has 0 saturated carbocycles. The van der Waals surface area contributed by atoms with Crippen LogP contribution in [-0.4, -0.2) is 10.8 Å². The number of allylic oxidation sites excluding steroid dienone is 1. The summed E-state index contributed by atoms with van der Waals surface area (Å²) in [7, 11) is 0. The van der Waals surface area contributed by atoms with Crippen molar-refractivity contribution in [2.24, 2.45) is 16.7 Å². The first-order valence-corrected chi connectivity index (χ1v) is 6.02. The average molecular weight is 242 g/mol. The molecular formula is C14H18N4. The first-order valence-electron chi connectivity index (χ1n) is 6.02. The van der Waals surface area contributed by atoms with Gasteiger partial charge in [0.15, 0.2) is 0 Å². The number of nitrogens with one attached hydrogen (secondary N) is 1. The van der Waals surface area contributed by atoms with E-state index in [0.717, 1.165) is 22.9 Å². The van der Waals surface area contributed by atoms with Gasteiger partial charge < -0.3 is 16.6 Å². The second-order valence-electron chi connectivity index (χ2n) is 4.15. The van der Waals surface area contributed by atoms with Gasteiger partial charge in [-0.1, -0.05) is 19.1 Å². The Labute approximate surface area is 106 Å². The van der Waals surface area contributed by atoms with Gasteiger partial charge >= 0.3 is 0 Å². The molecule has 4 nitrogen and oxygen atoms in total. The average Bonchev–Trinajstić information content (AvgIpc) is 2.75. The number of rotatable bonds is 3. The molecule has 0 bridgehead atoms. The predicted octanol–water partition coefficient (Wildman–Crippen LogP) is 2.34. The van der Waals surface area contributed by atoms with Gasteiger partial charge in [-0.05, 0) is 31.5 Å². The van der Waals surface area contributed by atoms with E-state index < -0.39 is 0 Å². The minimum atomic E-state index is 0.350. The lowest BCUT2D eigenvalue weighted by molar-refractivity contribution is 1.07. The molecular weight excluding hydrogens is 224 g/mol. The van der Waals surface area contributed by atoms with E-state index in [-0.39, 0.29) is 0 Å². The Morgan fingerprint density at radius 3 is 2.83 bits per heavy atom. The zero-order valence-corrected chi connectivity index (χ0v) is 10.7. The number of aromatic amines is 1. The van der Waals surface area contributed by atoms with Crippen molar-refractivity contribution in [3.8, 4) is 0 Å². The van der Waals surface area contributed by atoms with Gasteiger partial charge in [-0.25, -0.2) is 0 Å². The number of hydrazone groups is 1. The monoisotopic (exact) mass is 242 g/mol. The summed E-state index contributed by atoms with van der Waals surface area (Å²) in [5, 5.41) is 4.68. The highest BCUT2D eigenvalue weighted by atomic mass is 15.1. The summed E-state index contributed by atoms with van der Waals surface area (Å²) < 4.78 is 0. The minimum Gasteiger partial charge on any atom is -0.382 e. The molecule has 5 N–H and O–H groups in total. The molecule has 4 heteroatoms. The molecule has 0 aliphatic heterocycles. The van der Waals surface area contributed by atoms with E-state index in [4.69, 9.17) is 11.6 Å². The molecule has 0 spiro atoms. The SMILES string of the molecule is C/C=C\c1c(CC)[nH]c2ccc(/C(N)=N/N)cc12. The highest BCUT2D eigenvalue weighted by Crippen LogP contribution is 2.25. The number of H-pyrrole nitrogens is 1. The number of hydrogen-bond acceptors (Lipinski definition) is 2. The Morgan fingerprint density at radius 2 is 2.22 bits per heavy atom. The minimum absolute atomic E-state index is 0.350. The van der Waals surface area contributed by atoms with Crippen molar-refractivity contribution in [3.05, 3.63) is 41.1 Å². The third-order valence-corrected chi connectivity index (χ3v) is 3.04. The van der Waals surface area contributed by atoms with Gasteiger partial charge in [-0.2, -0.15) is 5.10 Å². The van der Waals surface area contributed by atoms with E-state index in [1.54, 1.807) is 0 Å². The van der Waals surface area contributed by atoms with Crippen LogP contribution in [0.4, 0.5) is 0 Å². The van der Waals surface area contributed by atoms with E-state index in [1.165, 1.54) is 11.3 Å². The van der Waals surface area contributed by atoms with Crippen LogP contribution in [0.15, 0.2) is 29.4 Å². The van der Waals surface area contributed by atoms with Crippen molar-refractivity contribution in [3.63, 3.8) is 0 Å². The molecule has 2 aromatic rings. The van der Waals surface area contributed by atoms with Crippen LogP contribution in [0.25, 0.3) is 17.0 Å². The molecule has 1 heterocycles. The molecule has 0 aliphatic carbocycles. The predicted molar refractivity (Wildman–Crippen MR) is 77.3 cm³/mol. The maximum Gasteiger partial charge on any atom is 0.150 e. The Hall–Kier alpha value is -2.23. The summed E-state index contributed by atoms with van der Waals surface area (Å²) in [6.45, 7) is 4.14. The van der Waals surface area contributed by atoms with Crippen LogP contribution >= 0.6 is 0 Å². The molecule has 0 atom stereocenters.